The summed E-state index contributed by atoms with van der Waals surface area (Å²) in [6, 6.07) is 14.3. The van der Waals surface area contributed by atoms with Crippen LogP contribution in [0.25, 0.3) is 0 Å². The molecule has 6 heteroatoms. The van der Waals surface area contributed by atoms with E-state index in [2.05, 4.69) is 28.8 Å². The summed E-state index contributed by atoms with van der Waals surface area (Å²) < 4.78 is 27.6. The molecule has 0 amide bonds. The van der Waals surface area contributed by atoms with Crippen molar-refractivity contribution in [1.82, 2.24) is 4.90 Å². The molecule has 136 valence electrons. The average molecular weight is 362 g/mol. The fourth-order valence-electron chi connectivity index (χ4n) is 2.33. The summed E-state index contributed by atoms with van der Waals surface area (Å²) >= 11 is 0. The van der Waals surface area contributed by atoms with Crippen LogP contribution in [0.15, 0.2) is 53.4 Å². The lowest BCUT2D eigenvalue weighted by Crippen LogP contribution is -2.20. The Morgan fingerprint density at radius 2 is 1.48 bits per heavy atom. The molecule has 25 heavy (non-hydrogen) atoms. The summed E-state index contributed by atoms with van der Waals surface area (Å²) in [6.07, 6.45) is 0. The minimum Gasteiger partial charge on any atom is -0.384 e. The van der Waals surface area contributed by atoms with Gasteiger partial charge in [-0.2, -0.15) is 0 Å². The summed E-state index contributed by atoms with van der Waals surface area (Å²) in [5.41, 5.74) is 2.63. The molecule has 0 saturated heterocycles. The van der Waals surface area contributed by atoms with Crippen LogP contribution in [0.5, 0.6) is 0 Å². The Kier molecular flexibility index (Phi) is 6.45. The molecule has 0 spiro atoms. The molecule has 2 aromatic carbocycles. The molecular formula is C19H27N3O2S. The van der Waals surface area contributed by atoms with Crippen LogP contribution in [0.1, 0.15) is 25.3 Å². The highest BCUT2D eigenvalue weighted by Crippen LogP contribution is 2.21. The number of likely N-dealkylation sites (N-methyl/N-ethyl adjacent to an activating group) is 1. The smallest absolute Gasteiger partial charge is 0.261 e. The zero-order valence-electron chi connectivity index (χ0n) is 15.3. The van der Waals surface area contributed by atoms with Crippen LogP contribution < -0.4 is 10.0 Å². The topological polar surface area (TPSA) is 61.4 Å². The summed E-state index contributed by atoms with van der Waals surface area (Å²) in [5, 5.41) is 3.30. The van der Waals surface area contributed by atoms with Gasteiger partial charge >= 0.3 is 0 Å². The third kappa shape index (κ3) is 5.76. The first-order valence-corrected chi connectivity index (χ1v) is 9.88. The molecule has 2 aromatic rings. The summed E-state index contributed by atoms with van der Waals surface area (Å²) in [7, 11) is 0.468. The second-order valence-corrected chi connectivity index (χ2v) is 8.32. The van der Waals surface area contributed by atoms with Crippen molar-refractivity contribution in [3.8, 4) is 0 Å². The largest absolute Gasteiger partial charge is 0.384 e. The number of hydrogen-bond donors (Lipinski definition) is 2. The maximum absolute atomic E-state index is 12.5. The van der Waals surface area contributed by atoms with Gasteiger partial charge in [-0.3, -0.25) is 4.72 Å². The highest BCUT2D eigenvalue weighted by Gasteiger charge is 2.14. The van der Waals surface area contributed by atoms with E-state index in [1.807, 2.05) is 38.4 Å². The molecule has 0 aliphatic rings. The molecule has 0 fully saturated rings. The van der Waals surface area contributed by atoms with Crippen LogP contribution >= 0.6 is 0 Å². The third-order valence-electron chi connectivity index (χ3n) is 3.88. The molecule has 0 unspecified atom stereocenters. The molecule has 0 heterocycles. The zero-order chi connectivity index (χ0) is 18.4. The van der Waals surface area contributed by atoms with Gasteiger partial charge < -0.3 is 10.2 Å². The molecule has 2 N–H and O–H groups in total. The Morgan fingerprint density at radius 1 is 0.920 bits per heavy atom. The van der Waals surface area contributed by atoms with Crippen LogP contribution in [0.2, 0.25) is 0 Å². The summed E-state index contributed by atoms with van der Waals surface area (Å²) in [4.78, 5) is 2.37. The number of nitrogens with one attached hydrogen (secondary N) is 2. The zero-order valence-corrected chi connectivity index (χ0v) is 16.1. The van der Waals surface area contributed by atoms with E-state index in [9.17, 15) is 8.42 Å². The van der Waals surface area contributed by atoms with Crippen molar-refractivity contribution >= 4 is 21.4 Å². The SMILES string of the molecule is CC(C)c1ccc(S(=O)(=O)Nc2ccc(NCCN(C)C)cc2)cc1. The molecule has 0 aromatic heterocycles. The Hall–Kier alpha value is -2.05. The average Bonchev–Trinajstić information content (AvgIpc) is 2.56. The highest BCUT2D eigenvalue weighted by molar-refractivity contribution is 7.92. The van der Waals surface area contributed by atoms with E-state index in [4.69, 9.17) is 0 Å². The minimum absolute atomic E-state index is 0.269. The van der Waals surface area contributed by atoms with Gasteiger partial charge in [0.05, 0.1) is 4.90 Å². The normalized spacial score (nSPS) is 11.8. The maximum atomic E-state index is 12.5. The van der Waals surface area contributed by atoms with Crippen LogP contribution in [-0.2, 0) is 10.0 Å². The van der Waals surface area contributed by atoms with Gasteiger partial charge in [0.25, 0.3) is 10.0 Å². The number of rotatable bonds is 8. The fraction of sp³-hybridized carbons (Fsp3) is 0.368. The van der Waals surface area contributed by atoms with Gasteiger partial charge in [-0.05, 0) is 62.0 Å². The van der Waals surface area contributed by atoms with Gasteiger partial charge in [0, 0.05) is 24.5 Å². The lowest BCUT2D eigenvalue weighted by atomic mass is 10.0. The van der Waals surface area contributed by atoms with Gasteiger partial charge in [-0.25, -0.2) is 8.42 Å². The second-order valence-electron chi connectivity index (χ2n) is 6.64. The van der Waals surface area contributed by atoms with Crippen molar-refractivity contribution in [2.24, 2.45) is 0 Å². The van der Waals surface area contributed by atoms with Gasteiger partial charge in [0.1, 0.15) is 0 Å². The van der Waals surface area contributed by atoms with E-state index < -0.39 is 10.0 Å². The fourth-order valence-corrected chi connectivity index (χ4v) is 3.38. The second kappa shape index (κ2) is 8.36. The highest BCUT2D eigenvalue weighted by atomic mass is 32.2. The Labute approximate surface area is 151 Å². The molecule has 0 bridgehead atoms. The molecule has 0 atom stereocenters. The van der Waals surface area contributed by atoms with Gasteiger partial charge in [-0.1, -0.05) is 26.0 Å². The van der Waals surface area contributed by atoms with Crippen molar-refractivity contribution in [3.63, 3.8) is 0 Å². The lowest BCUT2D eigenvalue weighted by Gasteiger charge is -2.13. The molecule has 0 radical (unpaired) electrons. The maximum Gasteiger partial charge on any atom is 0.261 e. The van der Waals surface area contributed by atoms with Crippen molar-refractivity contribution in [3.05, 3.63) is 54.1 Å². The van der Waals surface area contributed by atoms with E-state index in [1.54, 1.807) is 24.3 Å². The number of anilines is 2. The summed E-state index contributed by atoms with van der Waals surface area (Å²) in [5.74, 6) is 0.372. The molecule has 5 nitrogen and oxygen atoms in total. The van der Waals surface area contributed by atoms with E-state index >= 15 is 0 Å². The molecule has 0 aliphatic carbocycles. The molecule has 0 saturated carbocycles. The van der Waals surface area contributed by atoms with E-state index in [0.29, 0.717) is 11.6 Å². The van der Waals surface area contributed by atoms with Crippen LogP contribution in [0.3, 0.4) is 0 Å². The first-order valence-electron chi connectivity index (χ1n) is 8.39. The van der Waals surface area contributed by atoms with Crippen molar-refractivity contribution in [2.75, 3.05) is 37.2 Å². The number of hydrogen-bond acceptors (Lipinski definition) is 4. The standard InChI is InChI=1S/C19H27N3O2S/c1-15(2)16-5-11-19(12-6-16)25(23,24)21-18-9-7-17(8-10-18)20-13-14-22(3)4/h5-12,15,20-21H,13-14H2,1-4H3. The minimum atomic E-state index is -3.57. The first-order chi connectivity index (χ1) is 11.8. The third-order valence-corrected chi connectivity index (χ3v) is 5.28. The quantitative estimate of drug-likeness (QED) is 0.754. The van der Waals surface area contributed by atoms with Crippen molar-refractivity contribution in [2.45, 2.75) is 24.7 Å². The number of sulfonamides is 1. The van der Waals surface area contributed by atoms with E-state index in [1.165, 1.54) is 0 Å². The number of nitrogens with zero attached hydrogens (tertiary/aromatic N) is 1. The van der Waals surface area contributed by atoms with E-state index in [0.717, 1.165) is 24.3 Å². The van der Waals surface area contributed by atoms with Gasteiger partial charge in [0.2, 0.25) is 0 Å². The molecule has 2 rings (SSSR count). The van der Waals surface area contributed by atoms with E-state index in [-0.39, 0.29) is 4.90 Å². The Bertz CT molecular complexity index is 767. The predicted octanol–water partition coefficient (Wildman–Crippen LogP) is 3.58. The lowest BCUT2D eigenvalue weighted by molar-refractivity contribution is 0.425. The number of benzene rings is 2. The van der Waals surface area contributed by atoms with Crippen LogP contribution in [0.4, 0.5) is 11.4 Å². The van der Waals surface area contributed by atoms with Crippen molar-refractivity contribution < 1.29 is 8.42 Å². The van der Waals surface area contributed by atoms with Crippen molar-refractivity contribution in [1.29, 1.82) is 0 Å². The Balaban J connectivity index is 2.02. The summed E-state index contributed by atoms with van der Waals surface area (Å²) in [6.45, 7) is 5.92. The molecular weight excluding hydrogens is 334 g/mol. The molecule has 0 aliphatic heterocycles. The van der Waals surface area contributed by atoms with Gasteiger partial charge in [0.15, 0.2) is 0 Å². The first kappa shape index (κ1) is 19.3. The van der Waals surface area contributed by atoms with Crippen LogP contribution in [0, 0.1) is 0 Å². The monoisotopic (exact) mass is 361 g/mol. The predicted molar refractivity (Wildman–Crippen MR) is 105 cm³/mol. The Morgan fingerprint density at radius 3 is 2.00 bits per heavy atom. The van der Waals surface area contributed by atoms with Gasteiger partial charge in [-0.15, -0.1) is 0 Å². The van der Waals surface area contributed by atoms with Crippen LogP contribution in [-0.4, -0.2) is 40.5 Å².